The Bertz CT molecular complexity index is 903. The van der Waals surface area contributed by atoms with Crippen molar-refractivity contribution >= 4 is 5.69 Å². The Morgan fingerprint density at radius 2 is 2.04 bits per heavy atom. The van der Waals surface area contributed by atoms with Gasteiger partial charge in [-0.05, 0) is 24.1 Å². The maximum absolute atomic E-state index is 9.96. The molecular weight excluding hydrogens is 326 g/mol. The minimum atomic E-state index is -0.496. The Morgan fingerprint density at radius 3 is 2.81 bits per heavy atom. The molecule has 0 saturated carbocycles. The molecule has 3 N–H and O–H groups in total. The van der Waals surface area contributed by atoms with Crippen molar-refractivity contribution in [2.45, 2.75) is 38.6 Å². The van der Waals surface area contributed by atoms with E-state index in [2.05, 4.69) is 33.1 Å². The molecular formula is C21H23N3O2. The van der Waals surface area contributed by atoms with E-state index in [1.54, 1.807) is 6.92 Å². The Balaban J connectivity index is 1.66. The van der Waals surface area contributed by atoms with Gasteiger partial charge < -0.3 is 20.1 Å². The number of fused-ring (bicyclic) bond motifs is 1. The lowest BCUT2D eigenvalue weighted by Gasteiger charge is -2.13. The van der Waals surface area contributed by atoms with Gasteiger partial charge in [0.05, 0.1) is 18.1 Å². The van der Waals surface area contributed by atoms with Gasteiger partial charge in [-0.2, -0.15) is 0 Å². The van der Waals surface area contributed by atoms with Gasteiger partial charge >= 0.3 is 0 Å². The smallest absolute Gasteiger partial charge is 0.128 e. The van der Waals surface area contributed by atoms with Crippen LogP contribution in [0.3, 0.4) is 0 Å². The second-order valence-corrected chi connectivity index (χ2v) is 6.94. The van der Waals surface area contributed by atoms with E-state index in [4.69, 9.17) is 0 Å². The van der Waals surface area contributed by atoms with E-state index in [0.717, 1.165) is 33.8 Å². The summed E-state index contributed by atoms with van der Waals surface area (Å²) in [7, 11) is 0. The Kier molecular flexibility index (Phi) is 4.49. The summed E-state index contributed by atoms with van der Waals surface area (Å²) in [6.45, 7) is 2.47. The van der Waals surface area contributed by atoms with Gasteiger partial charge in [-0.1, -0.05) is 42.5 Å². The van der Waals surface area contributed by atoms with Gasteiger partial charge in [0.15, 0.2) is 0 Å². The van der Waals surface area contributed by atoms with Gasteiger partial charge in [-0.3, -0.25) is 0 Å². The van der Waals surface area contributed by atoms with Gasteiger partial charge in [0.1, 0.15) is 6.23 Å². The van der Waals surface area contributed by atoms with Crippen LogP contribution in [0.1, 0.15) is 23.7 Å². The van der Waals surface area contributed by atoms with Crippen molar-refractivity contribution in [1.82, 2.24) is 9.55 Å². The first-order valence-electron chi connectivity index (χ1n) is 8.94. The molecule has 2 unspecified atom stereocenters. The molecule has 0 bridgehead atoms. The van der Waals surface area contributed by atoms with Gasteiger partial charge in [0.2, 0.25) is 0 Å². The molecule has 0 aliphatic carbocycles. The molecule has 3 aromatic rings. The van der Waals surface area contributed by atoms with Crippen LogP contribution in [0.5, 0.6) is 0 Å². The highest BCUT2D eigenvalue weighted by Gasteiger charge is 2.19. The topological polar surface area (TPSA) is 70.3 Å². The second-order valence-electron chi connectivity index (χ2n) is 6.94. The molecule has 4 rings (SSSR count). The monoisotopic (exact) mass is 349 g/mol. The summed E-state index contributed by atoms with van der Waals surface area (Å²) in [6.07, 6.45) is 2.10. The lowest BCUT2D eigenvalue weighted by Crippen LogP contribution is -2.13. The number of benzene rings is 2. The van der Waals surface area contributed by atoms with Crippen LogP contribution in [-0.2, 0) is 19.4 Å². The fourth-order valence-corrected chi connectivity index (χ4v) is 3.54. The molecule has 2 atom stereocenters. The highest BCUT2D eigenvalue weighted by atomic mass is 16.3. The van der Waals surface area contributed by atoms with Crippen molar-refractivity contribution < 1.29 is 10.2 Å². The zero-order valence-electron chi connectivity index (χ0n) is 14.8. The van der Waals surface area contributed by atoms with E-state index < -0.39 is 12.3 Å². The maximum atomic E-state index is 9.96. The first-order valence-corrected chi connectivity index (χ1v) is 8.94. The van der Waals surface area contributed by atoms with Crippen molar-refractivity contribution in [3.8, 4) is 11.3 Å². The number of aromatic nitrogens is 2. The number of nitrogens with zero attached hydrogens (tertiary/aromatic N) is 2. The second kappa shape index (κ2) is 6.94. The van der Waals surface area contributed by atoms with Gasteiger partial charge in [-0.25, -0.2) is 4.98 Å². The highest BCUT2D eigenvalue weighted by Crippen LogP contribution is 2.28. The molecule has 5 heteroatoms. The van der Waals surface area contributed by atoms with Crippen LogP contribution in [0.4, 0.5) is 5.69 Å². The Morgan fingerprint density at radius 1 is 1.23 bits per heavy atom. The van der Waals surface area contributed by atoms with Crippen LogP contribution in [0.25, 0.3) is 11.3 Å². The molecule has 1 aliphatic heterocycles. The Hall–Kier alpha value is -2.63. The molecule has 26 heavy (non-hydrogen) atoms. The average Bonchev–Trinajstić information content (AvgIpc) is 3.18. The molecule has 2 aromatic carbocycles. The first-order chi connectivity index (χ1) is 12.6. The Labute approximate surface area is 153 Å². The zero-order chi connectivity index (χ0) is 18.1. The van der Waals surface area contributed by atoms with Gasteiger partial charge in [0, 0.05) is 36.3 Å². The standard InChI is InChI=1S/C21H23N3O2/c1-14(25)9-19-21(16-5-3-2-4-6-16)22-13-24(19)12-15-7-8-17-11-20(26)23-18(17)10-15/h2-8,10,13-14,20,23,25-26H,9,11-12H2,1H3. The predicted octanol–water partition coefficient (Wildman–Crippen LogP) is 2.81. The maximum Gasteiger partial charge on any atom is 0.128 e. The quantitative estimate of drug-likeness (QED) is 0.662. The van der Waals surface area contributed by atoms with E-state index in [9.17, 15) is 10.2 Å². The average molecular weight is 349 g/mol. The van der Waals surface area contributed by atoms with Gasteiger partial charge in [0.25, 0.3) is 0 Å². The van der Waals surface area contributed by atoms with Crippen LogP contribution in [-0.4, -0.2) is 32.1 Å². The van der Waals surface area contributed by atoms with Crippen molar-refractivity contribution in [1.29, 1.82) is 0 Å². The number of hydrogen-bond donors (Lipinski definition) is 3. The zero-order valence-corrected chi connectivity index (χ0v) is 14.8. The lowest BCUT2D eigenvalue weighted by molar-refractivity contribution is 0.193. The molecule has 0 spiro atoms. The van der Waals surface area contributed by atoms with E-state index in [0.29, 0.717) is 19.4 Å². The number of aliphatic hydroxyl groups excluding tert-OH is 2. The number of rotatable bonds is 5. The summed E-state index contributed by atoms with van der Waals surface area (Å²) in [5.41, 5.74) is 6.27. The fraction of sp³-hybridized carbons (Fsp3) is 0.286. The molecule has 0 saturated heterocycles. The number of imidazole rings is 1. The van der Waals surface area contributed by atoms with Crippen LogP contribution >= 0.6 is 0 Å². The molecule has 0 radical (unpaired) electrons. The third-order valence-electron chi connectivity index (χ3n) is 4.74. The summed E-state index contributed by atoms with van der Waals surface area (Å²) in [5, 5.41) is 22.8. The SMILES string of the molecule is CC(O)Cc1c(-c2ccccc2)ncn1Cc1ccc2c(c1)NC(O)C2. The normalized spacial score (nSPS) is 17.0. The van der Waals surface area contributed by atoms with Crippen molar-refractivity contribution in [2.75, 3.05) is 5.32 Å². The summed E-state index contributed by atoms with van der Waals surface area (Å²) < 4.78 is 2.10. The lowest BCUT2D eigenvalue weighted by atomic mass is 10.1. The molecule has 134 valence electrons. The van der Waals surface area contributed by atoms with Crippen LogP contribution in [0.15, 0.2) is 54.9 Å². The number of hydrogen-bond acceptors (Lipinski definition) is 4. The summed E-state index contributed by atoms with van der Waals surface area (Å²) in [4.78, 5) is 4.62. The minimum Gasteiger partial charge on any atom is -0.393 e. The number of anilines is 1. The van der Waals surface area contributed by atoms with Crippen molar-refractivity contribution in [3.05, 3.63) is 71.7 Å². The summed E-state index contributed by atoms with van der Waals surface area (Å²) in [5.74, 6) is 0. The molecule has 1 aliphatic rings. The molecule has 0 fully saturated rings. The van der Waals surface area contributed by atoms with Crippen LogP contribution in [0.2, 0.25) is 0 Å². The minimum absolute atomic E-state index is 0.440. The molecule has 1 aromatic heterocycles. The van der Waals surface area contributed by atoms with E-state index in [1.165, 1.54) is 0 Å². The molecule has 2 heterocycles. The number of nitrogens with one attached hydrogen (secondary N) is 1. The fourth-order valence-electron chi connectivity index (χ4n) is 3.54. The van der Waals surface area contributed by atoms with Crippen molar-refractivity contribution in [2.24, 2.45) is 0 Å². The van der Waals surface area contributed by atoms with Gasteiger partial charge in [-0.15, -0.1) is 0 Å². The van der Waals surface area contributed by atoms with E-state index >= 15 is 0 Å². The third-order valence-corrected chi connectivity index (χ3v) is 4.74. The van der Waals surface area contributed by atoms with Crippen LogP contribution in [0, 0.1) is 0 Å². The summed E-state index contributed by atoms with van der Waals surface area (Å²) >= 11 is 0. The first kappa shape index (κ1) is 16.8. The number of aliphatic hydroxyl groups is 2. The van der Waals surface area contributed by atoms with E-state index in [-0.39, 0.29) is 0 Å². The van der Waals surface area contributed by atoms with Crippen LogP contribution < -0.4 is 5.32 Å². The third kappa shape index (κ3) is 3.36. The predicted molar refractivity (Wildman–Crippen MR) is 102 cm³/mol. The highest BCUT2D eigenvalue weighted by molar-refractivity contribution is 5.62. The molecule has 0 amide bonds. The summed E-state index contributed by atoms with van der Waals surface area (Å²) in [6, 6.07) is 16.3. The van der Waals surface area contributed by atoms with Crippen molar-refractivity contribution in [3.63, 3.8) is 0 Å². The van der Waals surface area contributed by atoms with E-state index in [1.807, 2.05) is 36.7 Å². The largest absolute Gasteiger partial charge is 0.393 e. The molecule has 5 nitrogen and oxygen atoms in total.